The van der Waals surface area contributed by atoms with Crippen LogP contribution < -0.4 is 21.1 Å². The van der Waals surface area contributed by atoms with Crippen molar-refractivity contribution in [1.29, 1.82) is 0 Å². The van der Waals surface area contributed by atoms with Crippen LogP contribution in [0.2, 0.25) is 0 Å². The molecule has 33 heavy (non-hydrogen) atoms. The Kier molecular flexibility index (Phi) is 7.52. The molecule has 0 saturated heterocycles. The number of ether oxygens (including phenoxy) is 1. The lowest BCUT2D eigenvalue weighted by atomic mass is 9.91. The molecule has 0 unspecified atom stereocenters. The van der Waals surface area contributed by atoms with E-state index >= 15 is 0 Å². The maximum Gasteiger partial charge on any atom is 0.338 e. The first-order valence-corrected chi connectivity index (χ1v) is 11.9. The number of nitrogens with one attached hydrogen (secondary N) is 3. The van der Waals surface area contributed by atoms with Crippen molar-refractivity contribution in [3.8, 4) is 0 Å². The summed E-state index contributed by atoms with van der Waals surface area (Å²) in [4.78, 5) is 25.1. The minimum absolute atomic E-state index is 0.0574. The van der Waals surface area contributed by atoms with Gasteiger partial charge in [-0.15, -0.1) is 0 Å². The van der Waals surface area contributed by atoms with E-state index in [1.165, 1.54) is 19.2 Å². The zero-order valence-corrected chi connectivity index (χ0v) is 19.6. The third-order valence-electron chi connectivity index (χ3n) is 5.44. The van der Waals surface area contributed by atoms with E-state index in [9.17, 15) is 18.0 Å². The minimum atomic E-state index is -3.73. The highest BCUT2D eigenvalue weighted by Gasteiger charge is 2.33. The maximum atomic E-state index is 12.7. The van der Waals surface area contributed by atoms with Crippen molar-refractivity contribution in [3.63, 3.8) is 0 Å². The van der Waals surface area contributed by atoms with Crippen LogP contribution >= 0.6 is 0 Å². The Hall–Kier alpha value is -3.21. The fourth-order valence-corrected chi connectivity index (χ4v) is 4.30. The molecule has 2 aromatic carbocycles. The maximum absolute atomic E-state index is 12.7. The number of carbonyl (C=O) groups is 2. The van der Waals surface area contributed by atoms with Gasteiger partial charge in [0.15, 0.2) is 0 Å². The lowest BCUT2D eigenvalue weighted by molar-refractivity contribution is -0.136. The zero-order chi connectivity index (χ0) is 24.2. The number of nitrogens with two attached hydrogens (primary N) is 1. The number of primary sulfonamides is 1. The molecule has 0 saturated carbocycles. The summed E-state index contributed by atoms with van der Waals surface area (Å²) in [6.07, 6.45) is 0.610. The highest BCUT2D eigenvalue weighted by atomic mass is 32.2. The quantitative estimate of drug-likeness (QED) is 0.340. The van der Waals surface area contributed by atoms with Crippen molar-refractivity contribution in [2.24, 2.45) is 5.14 Å². The Morgan fingerprint density at radius 1 is 1.15 bits per heavy atom. The first kappa shape index (κ1) is 24.4. The Morgan fingerprint density at radius 3 is 2.45 bits per heavy atom. The molecule has 10 heteroatoms. The van der Waals surface area contributed by atoms with Crippen LogP contribution in [0.15, 0.2) is 58.6 Å². The van der Waals surface area contributed by atoms with Crippen molar-refractivity contribution < 1.29 is 22.7 Å². The van der Waals surface area contributed by atoms with E-state index in [0.29, 0.717) is 24.2 Å². The third-order valence-corrected chi connectivity index (χ3v) is 6.37. The van der Waals surface area contributed by atoms with Gasteiger partial charge in [0.1, 0.15) is 0 Å². The Bertz CT molecular complexity index is 1190. The molecule has 0 bridgehead atoms. The molecule has 0 aromatic heterocycles. The van der Waals surface area contributed by atoms with Gasteiger partial charge in [-0.3, -0.25) is 0 Å². The Labute approximate surface area is 193 Å². The molecule has 0 radical (unpaired) electrons. The number of amides is 2. The van der Waals surface area contributed by atoms with Gasteiger partial charge in [0.05, 0.1) is 23.6 Å². The van der Waals surface area contributed by atoms with Gasteiger partial charge in [-0.1, -0.05) is 35.9 Å². The molecule has 2 aromatic rings. The number of hydrogen-bond acceptors (Lipinski definition) is 6. The highest BCUT2D eigenvalue weighted by molar-refractivity contribution is 7.89. The van der Waals surface area contributed by atoms with Crippen LogP contribution in [0.5, 0.6) is 0 Å². The molecule has 1 atom stereocenters. The fourth-order valence-electron chi connectivity index (χ4n) is 3.78. The highest BCUT2D eigenvalue weighted by Crippen LogP contribution is 2.30. The van der Waals surface area contributed by atoms with Crippen molar-refractivity contribution in [2.45, 2.75) is 31.2 Å². The number of methoxy groups -OCH3 is 1. The van der Waals surface area contributed by atoms with Crippen LogP contribution in [-0.2, 0) is 26.0 Å². The molecule has 1 aliphatic heterocycles. The smallest absolute Gasteiger partial charge is 0.338 e. The number of hydrogen-bond donors (Lipinski definition) is 4. The van der Waals surface area contributed by atoms with Crippen molar-refractivity contribution >= 4 is 22.0 Å². The number of urea groups is 1. The number of sulfonamides is 1. The molecule has 3 rings (SSSR count). The number of aryl methyl sites for hydroxylation is 2. The van der Waals surface area contributed by atoms with E-state index in [1.54, 1.807) is 12.1 Å². The summed E-state index contributed by atoms with van der Waals surface area (Å²) in [5, 5.41) is 13.9. The summed E-state index contributed by atoms with van der Waals surface area (Å²) < 4.78 is 27.7. The second kappa shape index (κ2) is 10.2. The number of rotatable bonds is 8. The molecule has 1 heterocycles. The second-order valence-corrected chi connectivity index (χ2v) is 9.45. The average Bonchev–Trinajstić information content (AvgIpc) is 2.75. The van der Waals surface area contributed by atoms with Gasteiger partial charge in [0.25, 0.3) is 0 Å². The average molecular weight is 473 g/mol. The number of carbonyl (C=O) groups excluding carboxylic acids is 2. The normalized spacial score (nSPS) is 16.2. The lowest BCUT2D eigenvalue weighted by Crippen LogP contribution is -2.48. The van der Waals surface area contributed by atoms with E-state index < -0.39 is 28.1 Å². The summed E-state index contributed by atoms with van der Waals surface area (Å²) in [7, 11) is -2.42. The third kappa shape index (κ3) is 5.98. The number of benzene rings is 2. The standard InChI is InChI=1S/C23H28N4O5S/c1-14-4-9-18(15(2)12-14)21-20(22(28)32-3)19(26-23(29)27-21)13-25-11-10-16-5-7-17(8-6-16)33(24,30)31/h4-9,12,21,25H,10-11,13H2,1-3H3,(H2,24,30,31)(H2,26,27,29)/t21-/m0/s1. The predicted molar refractivity (Wildman–Crippen MR) is 124 cm³/mol. The summed E-state index contributed by atoms with van der Waals surface area (Å²) >= 11 is 0. The van der Waals surface area contributed by atoms with E-state index in [1.807, 2.05) is 32.0 Å². The molecule has 9 nitrogen and oxygen atoms in total. The van der Waals surface area contributed by atoms with Crippen molar-refractivity contribution in [3.05, 3.63) is 76.0 Å². The van der Waals surface area contributed by atoms with Crippen LogP contribution in [0, 0.1) is 13.8 Å². The summed E-state index contributed by atoms with van der Waals surface area (Å²) in [6, 6.07) is 11.1. The van der Waals surface area contributed by atoms with Gasteiger partial charge in [-0.25, -0.2) is 23.1 Å². The molecule has 1 aliphatic rings. The Balaban J connectivity index is 1.76. The van der Waals surface area contributed by atoms with Gasteiger partial charge in [-0.05, 0) is 55.6 Å². The SMILES string of the molecule is COC(=O)C1=C(CNCCc2ccc(S(N)(=O)=O)cc2)NC(=O)N[C@H]1c1ccc(C)cc1C. The first-order chi connectivity index (χ1) is 15.6. The van der Waals surface area contributed by atoms with Gasteiger partial charge in [-0.2, -0.15) is 0 Å². The summed E-state index contributed by atoms with van der Waals surface area (Å²) in [5.41, 5.74) is 4.56. The van der Waals surface area contributed by atoms with Crippen molar-refractivity contribution in [2.75, 3.05) is 20.2 Å². The van der Waals surface area contributed by atoms with Gasteiger partial charge >= 0.3 is 12.0 Å². The van der Waals surface area contributed by atoms with Crippen LogP contribution in [0.25, 0.3) is 0 Å². The zero-order valence-electron chi connectivity index (χ0n) is 18.8. The molecule has 0 fully saturated rings. The Morgan fingerprint density at radius 2 is 1.85 bits per heavy atom. The van der Waals surface area contributed by atoms with Crippen LogP contribution in [0.1, 0.15) is 28.3 Å². The monoisotopic (exact) mass is 472 g/mol. The molecule has 2 amide bonds. The molecular weight excluding hydrogens is 444 g/mol. The number of esters is 1. The summed E-state index contributed by atoms with van der Waals surface area (Å²) in [6.45, 7) is 4.69. The molecular formula is C23H28N4O5S. The van der Waals surface area contributed by atoms with Gasteiger partial charge in [0, 0.05) is 12.2 Å². The van der Waals surface area contributed by atoms with Crippen molar-refractivity contribution in [1.82, 2.24) is 16.0 Å². The molecule has 176 valence electrons. The van der Waals surface area contributed by atoms with Gasteiger partial charge in [0.2, 0.25) is 10.0 Å². The minimum Gasteiger partial charge on any atom is -0.466 e. The largest absolute Gasteiger partial charge is 0.466 e. The van der Waals surface area contributed by atoms with Crippen LogP contribution in [-0.4, -0.2) is 40.6 Å². The van der Waals surface area contributed by atoms with Gasteiger partial charge < -0.3 is 20.7 Å². The molecule has 0 aliphatic carbocycles. The van der Waals surface area contributed by atoms with E-state index in [4.69, 9.17) is 9.88 Å². The second-order valence-electron chi connectivity index (χ2n) is 7.89. The summed E-state index contributed by atoms with van der Waals surface area (Å²) in [5.74, 6) is -0.525. The van der Waals surface area contributed by atoms with Crippen LogP contribution in [0.3, 0.4) is 0 Å². The first-order valence-electron chi connectivity index (χ1n) is 10.4. The predicted octanol–water partition coefficient (Wildman–Crippen LogP) is 1.56. The lowest BCUT2D eigenvalue weighted by Gasteiger charge is -2.30. The van der Waals surface area contributed by atoms with Crippen LogP contribution in [0.4, 0.5) is 4.79 Å². The topological polar surface area (TPSA) is 140 Å². The fraction of sp³-hybridized carbons (Fsp3) is 0.304. The molecule has 5 N–H and O–H groups in total. The van der Waals surface area contributed by atoms with E-state index in [2.05, 4.69) is 16.0 Å². The van der Waals surface area contributed by atoms with E-state index in [-0.39, 0.29) is 11.4 Å². The van der Waals surface area contributed by atoms with E-state index in [0.717, 1.165) is 22.3 Å². The molecule has 0 spiro atoms.